The van der Waals surface area contributed by atoms with E-state index >= 15 is 0 Å². The summed E-state index contributed by atoms with van der Waals surface area (Å²) in [7, 11) is 1.64. The highest BCUT2D eigenvalue weighted by molar-refractivity contribution is 6.17. The molecule has 0 saturated heterocycles. The zero-order valence-electron chi connectivity index (χ0n) is 12.0. The number of alkyl halides is 1. The molecule has 20 heavy (non-hydrogen) atoms. The first-order chi connectivity index (χ1) is 9.76. The molecule has 2 rings (SSSR count). The molecular weight excluding hydrogens is 274 g/mol. The Hall–Kier alpha value is -1.22. The number of amides is 1. The van der Waals surface area contributed by atoms with Crippen LogP contribution in [0, 0.1) is 0 Å². The molecule has 1 fully saturated rings. The van der Waals surface area contributed by atoms with Crippen LogP contribution >= 0.6 is 11.6 Å². The van der Waals surface area contributed by atoms with Crippen molar-refractivity contribution in [2.75, 3.05) is 19.5 Å². The normalized spacial score (nSPS) is 14.7. The summed E-state index contributed by atoms with van der Waals surface area (Å²) in [6.07, 6.45) is 4.74. The van der Waals surface area contributed by atoms with Gasteiger partial charge in [-0.05, 0) is 31.7 Å². The van der Waals surface area contributed by atoms with Crippen LogP contribution < -0.4 is 4.74 Å². The van der Waals surface area contributed by atoms with Crippen molar-refractivity contribution >= 4 is 17.5 Å². The van der Waals surface area contributed by atoms with Crippen LogP contribution in [0.25, 0.3) is 0 Å². The summed E-state index contributed by atoms with van der Waals surface area (Å²) in [6.45, 7) is 0.766. The Bertz CT molecular complexity index is 446. The number of ether oxygens (including phenoxy) is 1. The molecule has 1 aromatic carbocycles. The molecule has 110 valence electrons. The van der Waals surface area contributed by atoms with Gasteiger partial charge in [0.25, 0.3) is 0 Å². The van der Waals surface area contributed by atoms with Crippen LogP contribution in [0.15, 0.2) is 24.3 Å². The maximum atomic E-state index is 12.5. The summed E-state index contributed by atoms with van der Waals surface area (Å²) in [4.78, 5) is 14.6. The first kappa shape index (κ1) is 15.2. The molecule has 1 aromatic rings. The molecule has 1 amide bonds. The van der Waals surface area contributed by atoms with E-state index in [2.05, 4.69) is 0 Å². The molecule has 0 heterocycles. The third kappa shape index (κ3) is 3.66. The Kier molecular flexibility index (Phi) is 5.72. The van der Waals surface area contributed by atoms with E-state index in [9.17, 15) is 4.79 Å². The van der Waals surface area contributed by atoms with Gasteiger partial charge in [0.2, 0.25) is 5.91 Å². The summed E-state index contributed by atoms with van der Waals surface area (Å²) in [5, 5.41) is 0. The van der Waals surface area contributed by atoms with Crippen LogP contribution in [0.1, 0.15) is 31.2 Å². The summed E-state index contributed by atoms with van der Waals surface area (Å²) in [5.74, 6) is 1.57. The molecule has 0 radical (unpaired) electrons. The van der Waals surface area contributed by atoms with E-state index in [1.807, 2.05) is 29.2 Å². The fourth-order valence-electron chi connectivity index (χ4n) is 2.55. The van der Waals surface area contributed by atoms with Gasteiger partial charge in [0.05, 0.1) is 13.5 Å². The Morgan fingerprint density at radius 3 is 2.75 bits per heavy atom. The summed E-state index contributed by atoms with van der Waals surface area (Å²) >= 11 is 5.77. The smallest absolute Gasteiger partial charge is 0.227 e. The van der Waals surface area contributed by atoms with Gasteiger partial charge in [0.1, 0.15) is 5.75 Å². The highest BCUT2D eigenvalue weighted by Crippen LogP contribution is 2.26. The standard InChI is InChI=1S/C16H22ClNO2/c1-20-15-9-3-2-6-13(15)12-16(19)18(11-5-10-17)14-7-4-8-14/h2-3,6,9,14H,4-5,7-8,10-12H2,1H3. The lowest BCUT2D eigenvalue weighted by molar-refractivity contribution is -0.134. The monoisotopic (exact) mass is 295 g/mol. The first-order valence-electron chi connectivity index (χ1n) is 7.23. The van der Waals surface area contributed by atoms with Crippen LogP contribution in [0.4, 0.5) is 0 Å². The molecule has 0 spiro atoms. The topological polar surface area (TPSA) is 29.5 Å². The SMILES string of the molecule is COc1ccccc1CC(=O)N(CCCCl)C1CCC1. The van der Waals surface area contributed by atoms with Crippen molar-refractivity contribution in [3.63, 3.8) is 0 Å². The van der Waals surface area contributed by atoms with Crippen LogP contribution in [0.2, 0.25) is 0 Å². The molecule has 0 aliphatic heterocycles. The minimum absolute atomic E-state index is 0.185. The lowest BCUT2D eigenvalue weighted by Crippen LogP contribution is -2.45. The number of para-hydroxylation sites is 1. The predicted molar refractivity (Wildman–Crippen MR) is 81.4 cm³/mol. The van der Waals surface area contributed by atoms with Crippen LogP contribution in [-0.4, -0.2) is 36.4 Å². The van der Waals surface area contributed by atoms with Crippen molar-refractivity contribution in [1.82, 2.24) is 4.90 Å². The Balaban J connectivity index is 2.03. The molecule has 0 aromatic heterocycles. The van der Waals surface area contributed by atoms with Gasteiger partial charge in [-0.2, -0.15) is 0 Å². The number of hydrogen-bond donors (Lipinski definition) is 0. The molecule has 4 heteroatoms. The van der Waals surface area contributed by atoms with E-state index in [4.69, 9.17) is 16.3 Å². The number of hydrogen-bond acceptors (Lipinski definition) is 2. The minimum atomic E-state index is 0.185. The van der Waals surface area contributed by atoms with E-state index in [1.165, 1.54) is 6.42 Å². The average Bonchev–Trinajstić information content (AvgIpc) is 2.41. The summed E-state index contributed by atoms with van der Waals surface area (Å²) in [6, 6.07) is 8.13. The second-order valence-electron chi connectivity index (χ2n) is 5.20. The molecule has 3 nitrogen and oxygen atoms in total. The van der Waals surface area contributed by atoms with E-state index in [-0.39, 0.29) is 5.91 Å². The van der Waals surface area contributed by atoms with Crippen LogP contribution in [0.3, 0.4) is 0 Å². The molecule has 1 aliphatic rings. The third-order valence-corrected chi connectivity index (χ3v) is 4.17. The van der Waals surface area contributed by atoms with Gasteiger partial charge in [-0.3, -0.25) is 4.79 Å². The Morgan fingerprint density at radius 2 is 2.15 bits per heavy atom. The number of methoxy groups -OCH3 is 1. The Morgan fingerprint density at radius 1 is 1.40 bits per heavy atom. The van der Waals surface area contributed by atoms with E-state index in [0.717, 1.165) is 37.1 Å². The number of nitrogens with zero attached hydrogens (tertiary/aromatic N) is 1. The second kappa shape index (κ2) is 7.53. The van der Waals surface area contributed by atoms with Gasteiger partial charge in [0, 0.05) is 24.0 Å². The number of rotatable bonds is 7. The van der Waals surface area contributed by atoms with Gasteiger partial charge in [0.15, 0.2) is 0 Å². The lowest BCUT2D eigenvalue weighted by Gasteiger charge is -2.37. The van der Waals surface area contributed by atoms with E-state index in [0.29, 0.717) is 18.3 Å². The maximum Gasteiger partial charge on any atom is 0.227 e. The number of carbonyl (C=O) groups is 1. The first-order valence-corrected chi connectivity index (χ1v) is 7.77. The zero-order chi connectivity index (χ0) is 14.4. The molecule has 1 saturated carbocycles. The molecule has 0 unspecified atom stereocenters. The van der Waals surface area contributed by atoms with Crippen molar-refractivity contribution in [3.8, 4) is 5.75 Å². The molecule has 0 atom stereocenters. The summed E-state index contributed by atoms with van der Waals surface area (Å²) < 4.78 is 5.32. The van der Waals surface area contributed by atoms with Crippen LogP contribution in [-0.2, 0) is 11.2 Å². The van der Waals surface area contributed by atoms with E-state index in [1.54, 1.807) is 7.11 Å². The van der Waals surface area contributed by atoms with E-state index < -0.39 is 0 Å². The lowest BCUT2D eigenvalue weighted by atomic mass is 9.91. The molecule has 0 N–H and O–H groups in total. The van der Waals surface area contributed by atoms with Gasteiger partial charge < -0.3 is 9.64 Å². The van der Waals surface area contributed by atoms with Gasteiger partial charge >= 0.3 is 0 Å². The predicted octanol–water partition coefficient (Wildman–Crippen LogP) is 3.25. The second-order valence-corrected chi connectivity index (χ2v) is 5.58. The largest absolute Gasteiger partial charge is 0.496 e. The van der Waals surface area contributed by atoms with Crippen LogP contribution in [0.5, 0.6) is 5.75 Å². The third-order valence-electron chi connectivity index (χ3n) is 3.90. The fraction of sp³-hybridized carbons (Fsp3) is 0.562. The maximum absolute atomic E-state index is 12.5. The van der Waals surface area contributed by atoms with Gasteiger partial charge in [-0.15, -0.1) is 11.6 Å². The van der Waals surface area contributed by atoms with Crippen molar-refractivity contribution in [1.29, 1.82) is 0 Å². The minimum Gasteiger partial charge on any atom is -0.496 e. The zero-order valence-corrected chi connectivity index (χ0v) is 12.7. The van der Waals surface area contributed by atoms with Crippen molar-refractivity contribution in [3.05, 3.63) is 29.8 Å². The van der Waals surface area contributed by atoms with Crippen molar-refractivity contribution < 1.29 is 9.53 Å². The molecular formula is C16H22ClNO2. The number of benzene rings is 1. The summed E-state index contributed by atoms with van der Waals surface area (Å²) in [5.41, 5.74) is 0.954. The fourth-order valence-corrected chi connectivity index (χ4v) is 2.67. The highest BCUT2D eigenvalue weighted by atomic mass is 35.5. The Labute approximate surface area is 125 Å². The highest BCUT2D eigenvalue weighted by Gasteiger charge is 2.28. The number of carbonyl (C=O) groups excluding carboxylic acids is 1. The van der Waals surface area contributed by atoms with Crippen molar-refractivity contribution in [2.45, 2.75) is 38.1 Å². The van der Waals surface area contributed by atoms with Gasteiger partial charge in [-0.1, -0.05) is 18.2 Å². The molecule has 0 bridgehead atoms. The van der Waals surface area contributed by atoms with Crippen molar-refractivity contribution in [2.24, 2.45) is 0 Å². The number of halogens is 1. The average molecular weight is 296 g/mol. The molecule has 1 aliphatic carbocycles. The van der Waals surface area contributed by atoms with Gasteiger partial charge in [-0.25, -0.2) is 0 Å². The quantitative estimate of drug-likeness (QED) is 0.723.